The molecule has 3 heteroatoms. The molecule has 0 unspecified atom stereocenters. The van der Waals surface area contributed by atoms with Gasteiger partial charge in [0.2, 0.25) is 0 Å². The molecule has 0 spiro atoms. The third-order valence-corrected chi connectivity index (χ3v) is 12.4. The second-order valence-electron chi connectivity index (χ2n) is 10.8. The van der Waals surface area contributed by atoms with E-state index in [9.17, 15) is 5.11 Å². The Hall–Kier alpha value is -4.39. The first-order chi connectivity index (χ1) is 21.2. The van der Waals surface area contributed by atoms with Crippen molar-refractivity contribution in [1.29, 1.82) is 0 Å². The van der Waals surface area contributed by atoms with Crippen molar-refractivity contribution in [2.45, 2.75) is 25.7 Å². The van der Waals surface area contributed by atoms with Crippen LogP contribution in [0.15, 0.2) is 153 Å². The fourth-order valence-electron chi connectivity index (χ4n) is 5.83. The van der Waals surface area contributed by atoms with E-state index in [4.69, 9.17) is 4.74 Å². The maximum absolute atomic E-state index is 10.6. The third-order valence-electron chi connectivity index (χ3n) is 7.91. The summed E-state index contributed by atoms with van der Waals surface area (Å²) >= 11 is 0. The van der Waals surface area contributed by atoms with E-state index in [1.54, 1.807) is 6.07 Å². The van der Waals surface area contributed by atoms with Gasteiger partial charge in [-0.3, -0.25) is 0 Å². The Morgan fingerprint density at radius 1 is 0.628 bits per heavy atom. The lowest BCUT2D eigenvalue weighted by atomic mass is 9.97. The number of allylic oxidation sites excluding steroid dienone is 2. The quantitative estimate of drug-likeness (QED) is 0.0805. The lowest BCUT2D eigenvalue weighted by Gasteiger charge is -2.27. The van der Waals surface area contributed by atoms with Crippen molar-refractivity contribution in [3.05, 3.63) is 164 Å². The molecule has 5 aromatic carbocycles. The minimum absolute atomic E-state index is 0.271. The third kappa shape index (κ3) is 6.99. The van der Waals surface area contributed by atoms with Crippen molar-refractivity contribution in [3.63, 3.8) is 0 Å². The highest BCUT2D eigenvalue weighted by atomic mass is 31.2. The number of hydrogen-bond acceptors (Lipinski definition) is 2. The Balaban J connectivity index is 1.34. The van der Waals surface area contributed by atoms with E-state index in [-0.39, 0.29) is 5.75 Å². The van der Waals surface area contributed by atoms with Gasteiger partial charge in [0.25, 0.3) is 0 Å². The molecule has 216 valence electrons. The van der Waals surface area contributed by atoms with Gasteiger partial charge >= 0.3 is 0 Å². The summed E-state index contributed by atoms with van der Waals surface area (Å²) in [5, 5.41) is 14.8. The summed E-state index contributed by atoms with van der Waals surface area (Å²) in [5.74, 6) is 1.15. The van der Waals surface area contributed by atoms with Gasteiger partial charge in [0.1, 0.15) is 34.7 Å². The summed E-state index contributed by atoms with van der Waals surface area (Å²) < 4.78 is 6.39. The van der Waals surface area contributed by atoms with Crippen molar-refractivity contribution in [2.75, 3.05) is 12.8 Å². The highest BCUT2D eigenvalue weighted by Gasteiger charge is 2.44. The fourth-order valence-corrected chi connectivity index (χ4v) is 10.2. The van der Waals surface area contributed by atoms with Crippen LogP contribution < -0.4 is 20.7 Å². The Morgan fingerprint density at radius 3 is 1.77 bits per heavy atom. The number of unbranched alkanes of at least 4 members (excludes halogenated alkanes) is 1. The van der Waals surface area contributed by atoms with E-state index in [1.807, 2.05) is 36.4 Å². The van der Waals surface area contributed by atoms with E-state index in [0.29, 0.717) is 13.0 Å². The summed E-state index contributed by atoms with van der Waals surface area (Å²) in [6.45, 7) is 8.45. The standard InChI is InChI=1S/C40H39O2P/c1-3-16-32-24-26-39(41)38(30-32)33-25-27-40(34(31-33)17-4-2)42-28-14-15-29-43(35-18-8-5-9-19-35,36-20-10-6-11-21-36)37-22-12-7-13-23-37/h3-13,18-27,30-31H,1-2,14-17,28-29H2/p+1. The molecule has 0 aliphatic carbocycles. The Labute approximate surface area is 257 Å². The Bertz CT molecular complexity index is 1530. The highest BCUT2D eigenvalue weighted by Crippen LogP contribution is 2.55. The van der Waals surface area contributed by atoms with Gasteiger partial charge in [0, 0.05) is 5.56 Å². The predicted octanol–water partition coefficient (Wildman–Crippen LogP) is 8.67. The number of phenolic OH excluding ortho intramolecular Hbond substituents is 1. The fraction of sp³-hybridized carbons (Fsp3) is 0.150. The van der Waals surface area contributed by atoms with E-state index in [1.165, 1.54) is 15.9 Å². The molecular formula is C40H40O2P+. The molecule has 1 N–H and O–H groups in total. The number of hydrogen-bond donors (Lipinski definition) is 1. The van der Waals surface area contributed by atoms with Crippen LogP contribution in [0.4, 0.5) is 0 Å². The summed E-state index contributed by atoms with van der Waals surface area (Å²) in [6, 6.07) is 45.0. The SMILES string of the molecule is C=CCc1ccc(O)c(-c2ccc(OCCCC[P+](c3ccccc3)(c3ccccc3)c3ccccc3)c(CC=C)c2)c1. The van der Waals surface area contributed by atoms with Crippen LogP contribution in [0.25, 0.3) is 11.1 Å². The molecule has 0 heterocycles. The van der Waals surface area contributed by atoms with Crippen LogP contribution in [-0.4, -0.2) is 17.9 Å². The zero-order chi connectivity index (χ0) is 29.9. The molecule has 5 rings (SSSR count). The number of ether oxygens (including phenoxy) is 1. The first-order valence-electron chi connectivity index (χ1n) is 15.0. The molecule has 5 aromatic rings. The minimum atomic E-state index is -1.84. The lowest BCUT2D eigenvalue weighted by Crippen LogP contribution is -2.33. The van der Waals surface area contributed by atoms with Gasteiger partial charge in [0.15, 0.2) is 0 Å². The van der Waals surface area contributed by atoms with Crippen molar-refractivity contribution >= 4 is 23.2 Å². The first-order valence-corrected chi connectivity index (χ1v) is 17.0. The van der Waals surface area contributed by atoms with Crippen LogP contribution in [0.1, 0.15) is 24.0 Å². The first kappa shape index (κ1) is 30.1. The molecule has 0 atom stereocenters. The molecule has 0 fully saturated rings. The molecule has 0 aliphatic heterocycles. The van der Waals surface area contributed by atoms with Crippen LogP contribution in [-0.2, 0) is 12.8 Å². The summed E-state index contributed by atoms with van der Waals surface area (Å²) in [7, 11) is -1.84. The van der Waals surface area contributed by atoms with Crippen LogP contribution in [0.5, 0.6) is 11.5 Å². The molecule has 2 nitrogen and oxygen atoms in total. The van der Waals surface area contributed by atoms with Crippen molar-refractivity contribution in [2.24, 2.45) is 0 Å². The second kappa shape index (κ2) is 14.7. The van der Waals surface area contributed by atoms with Crippen molar-refractivity contribution in [1.82, 2.24) is 0 Å². The lowest BCUT2D eigenvalue weighted by molar-refractivity contribution is 0.307. The van der Waals surface area contributed by atoms with Crippen LogP contribution in [0.2, 0.25) is 0 Å². The maximum atomic E-state index is 10.6. The van der Waals surface area contributed by atoms with E-state index in [2.05, 4.69) is 110 Å². The van der Waals surface area contributed by atoms with Gasteiger partial charge in [-0.25, -0.2) is 0 Å². The van der Waals surface area contributed by atoms with Crippen LogP contribution in [0.3, 0.4) is 0 Å². The Kier molecular flexibility index (Phi) is 10.3. The van der Waals surface area contributed by atoms with Gasteiger partial charge in [-0.2, -0.15) is 0 Å². The normalized spacial score (nSPS) is 11.2. The topological polar surface area (TPSA) is 29.5 Å². The zero-order valence-corrected chi connectivity index (χ0v) is 25.6. The zero-order valence-electron chi connectivity index (χ0n) is 24.7. The molecule has 0 saturated heterocycles. The minimum Gasteiger partial charge on any atom is -0.507 e. The smallest absolute Gasteiger partial charge is 0.123 e. The molecule has 0 saturated carbocycles. The number of aromatic hydroxyl groups is 1. The van der Waals surface area contributed by atoms with Crippen LogP contribution in [0, 0.1) is 0 Å². The van der Waals surface area contributed by atoms with Gasteiger partial charge in [-0.05, 0) is 103 Å². The largest absolute Gasteiger partial charge is 0.507 e. The molecule has 0 aliphatic rings. The van der Waals surface area contributed by atoms with Crippen LogP contribution >= 0.6 is 7.26 Å². The molecule has 0 amide bonds. The molecule has 0 bridgehead atoms. The molecule has 43 heavy (non-hydrogen) atoms. The Morgan fingerprint density at radius 2 is 1.21 bits per heavy atom. The van der Waals surface area contributed by atoms with Crippen molar-refractivity contribution < 1.29 is 9.84 Å². The number of rotatable bonds is 14. The molecule has 0 radical (unpaired) electrons. The van der Waals surface area contributed by atoms with Crippen molar-refractivity contribution in [3.8, 4) is 22.6 Å². The summed E-state index contributed by atoms with van der Waals surface area (Å²) in [6.07, 6.45) is 8.31. The molecule has 0 aromatic heterocycles. The van der Waals surface area contributed by atoms with E-state index >= 15 is 0 Å². The number of phenols is 1. The second-order valence-corrected chi connectivity index (χ2v) is 14.4. The predicted molar refractivity (Wildman–Crippen MR) is 186 cm³/mol. The molecular weight excluding hydrogens is 543 g/mol. The van der Waals surface area contributed by atoms with E-state index < -0.39 is 7.26 Å². The van der Waals surface area contributed by atoms with Gasteiger partial charge in [-0.1, -0.05) is 78.9 Å². The average molecular weight is 584 g/mol. The van der Waals surface area contributed by atoms with Gasteiger partial charge in [0.05, 0.1) is 12.8 Å². The monoisotopic (exact) mass is 583 g/mol. The van der Waals surface area contributed by atoms with E-state index in [0.717, 1.165) is 53.4 Å². The highest BCUT2D eigenvalue weighted by molar-refractivity contribution is 7.95. The summed E-state index contributed by atoms with van der Waals surface area (Å²) in [5.41, 5.74) is 3.98. The number of benzene rings is 5. The van der Waals surface area contributed by atoms with Gasteiger partial charge in [-0.15, -0.1) is 13.2 Å². The van der Waals surface area contributed by atoms with Gasteiger partial charge < -0.3 is 9.84 Å². The maximum Gasteiger partial charge on any atom is 0.123 e. The summed E-state index contributed by atoms with van der Waals surface area (Å²) in [4.78, 5) is 0. The average Bonchev–Trinajstić information content (AvgIpc) is 3.06.